The molecule has 0 unspecified atom stereocenters. The number of hydrogen-bond acceptors (Lipinski definition) is 3. The van der Waals surface area contributed by atoms with Crippen LogP contribution in [0.1, 0.15) is 23.7 Å². The van der Waals surface area contributed by atoms with Crippen LogP contribution in [0, 0.1) is 0 Å². The van der Waals surface area contributed by atoms with E-state index in [1.807, 2.05) is 31.2 Å². The molecule has 0 amide bonds. The van der Waals surface area contributed by atoms with Crippen LogP contribution in [0.25, 0.3) is 0 Å². The van der Waals surface area contributed by atoms with Crippen LogP contribution >= 0.6 is 0 Å². The number of aromatic nitrogens is 1. The molecule has 0 spiro atoms. The van der Waals surface area contributed by atoms with Crippen molar-refractivity contribution < 1.29 is 14.7 Å². The summed E-state index contributed by atoms with van der Waals surface area (Å²) in [6, 6.07) is 12.4. The van der Waals surface area contributed by atoms with E-state index in [1.54, 1.807) is 29.2 Å². The first-order chi connectivity index (χ1) is 10.6. The lowest BCUT2D eigenvalue weighted by molar-refractivity contribution is 0.103. The minimum Gasteiger partial charge on any atom is -0.464 e. The summed E-state index contributed by atoms with van der Waals surface area (Å²) in [4.78, 5) is 25.8. The average molecular weight is 296 g/mol. The van der Waals surface area contributed by atoms with Crippen LogP contribution in [0.4, 0.5) is 10.6 Å². The number of ketones is 1. The fourth-order valence-corrected chi connectivity index (χ4v) is 2.74. The molecule has 1 aliphatic rings. The predicted octanol–water partition coefficient (Wildman–Crippen LogP) is 3.38. The van der Waals surface area contributed by atoms with Crippen LogP contribution in [0.2, 0.25) is 0 Å². The standard InChI is InChI=1S/C17H16N2O3/c1-12-9-10-14(16(20)13-6-3-2-4-7-13)19(12)15-8-5-11-18(15)17(21)22/h2-8,10-12H,9H2,1H3,(H,21,22)/t12-/m0/s1. The van der Waals surface area contributed by atoms with Crippen LogP contribution in [-0.2, 0) is 0 Å². The topological polar surface area (TPSA) is 62.5 Å². The summed E-state index contributed by atoms with van der Waals surface area (Å²) in [7, 11) is 0. The zero-order chi connectivity index (χ0) is 15.7. The van der Waals surface area contributed by atoms with Gasteiger partial charge in [0.15, 0.2) is 0 Å². The van der Waals surface area contributed by atoms with Gasteiger partial charge in [-0.2, -0.15) is 0 Å². The number of nitrogens with zero attached hydrogens (tertiary/aromatic N) is 2. The minimum absolute atomic E-state index is 0.0377. The number of anilines is 1. The number of Topliss-reactive ketones (excluding diaryl/α,β-unsaturated/α-hetero) is 1. The number of rotatable bonds is 3. The van der Waals surface area contributed by atoms with Gasteiger partial charge in [-0.05, 0) is 25.5 Å². The van der Waals surface area contributed by atoms with Crippen molar-refractivity contribution in [3.63, 3.8) is 0 Å². The Morgan fingerprint density at radius 2 is 1.86 bits per heavy atom. The predicted molar refractivity (Wildman–Crippen MR) is 83.3 cm³/mol. The molecule has 0 radical (unpaired) electrons. The molecule has 1 atom stereocenters. The summed E-state index contributed by atoms with van der Waals surface area (Å²) in [6.45, 7) is 1.97. The second-order valence-electron chi connectivity index (χ2n) is 5.26. The van der Waals surface area contributed by atoms with E-state index in [1.165, 1.54) is 6.20 Å². The van der Waals surface area contributed by atoms with E-state index < -0.39 is 6.09 Å². The molecule has 2 heterocycles. The van der Waals surface area contributed by atoms with Gasteiger partial charge in [0.2, 0.25) is 5.78 Å². The van der Waals surface area contributed by atoms with E-state index in [0.29, 0.717) is 23.5 Å². The van der Waals surface area contributed by atoms with Crippen LogP contribution in [0.3, 0.4) is 0 Å². The highest BCUT2D eigenvalue weighted by atomic mass is 16.4. The van der Waals surface area contributed by atoms with Crippen molar-refractivity contribution in [3.05, 3.63) is 66.0 Å². The average Bonchev–Trinajstić information content (AvgIpc) is 3.13. The molecule has 0 fully saturated rings. The summed E-state index contributed by atoms with van der Waals surface area (Å²) in [6.07, 6.45) is 3.00. The molecule has 22 heavy (non-hydrogen) atoms. The Balaban J connectivity index is 2.00. The molecule has 1 aromatic carbocycles. The molecule has 5 nitrogen and oxygen atoms in total. The van der Waals surface area contributed by atoms with Gasteiger partial charge in [-0.25, -0.2) is 9.36 Å². The van der Waals surface area contributed by atoms with Crippen LogP contribution in [0.15, 0.2) is 60.4 Å². The summed E-state index contributed by atoms with van der Waals surface area (Å²) in [5.74, 6) is 0.399. The highest BCUT2D eigenvalue weighted by molar-refractivity contribution is 6.11. The third kappa shape index (κ3) is 2.30. The number of carboxylic acid groups (broad SMARTS) is 1. The van der Waals surface area contributed by atoms with Crippen molar-refractivity contribution in [3.8, 4) is 0 Å². The summed E-state index contributed by atoms with van der Waals surface area (Å²) in [5.41, 5.74) is 1.13. The van der Waals surface area contributed by atoms with Crippen molar-refractivity contribution in [1.29, 1.82) is 0 Å². The van der Waals surface area contributed by atoms with Gasteiger partial charge in [0, 0.05) is 17.8 Å². The Bertz CT molecular complexity index is 746. The smallest absolute Gasteiger partial charge is 0.417 e. The SMILES string of the molecule is C[C@H]1CC=C(C(=O)c2ccccc2)N1c1cccn1C(=O)O. The maximum absolute atomic E-state index is 12.7. The van der Waals surface area contributed by atoms with Gasteiger partial charge in [-0.15, -0.1) is 0 Å². The maximum Gasteiger partial charge on any atom is 0.417 e. The monoisotopic (exact) mass is 296 g/mol. The molecule has 1 aromatic heterocycles. The zero-order valence-corrected chi connectivity index (χ0v) is 12.1. The second-order valence-corrected chi connectivity index (χ2v) is 5.26. The second kappa shape index (κ2) is 5.52. The van der Waals surface area contributed by atoms with E-state index >= 15 is 0 Å². The van der Waals surface area contributed by atoms with E-state index in [2.05, 4.69) is 0 Å². The third-order valence-corrected chi connectivity index (χ3v) is 3.80. The largest absolute Gasteiger partial charge is 0.464 e. The fourth-order valence-electron chi connectivity index (χ4n) is 2.74. The van der Waals surface area contributed by atoms with Crippen molar-refractivity contribution in [2.24, 2.45) is 0 Å². The number of benzene rings is 1. The quantitative estimate of drug-likeness (QED) is 0.882. The fraction of sp³-hybridized carbons (Fsp3) is 0.176. The first-order valence-electron chi connectivity index (χ1n) is 7.09. The van der Waals surface area contributed by atoms with Gasteiger partial charge < -0.3 is 10.0 Å². The molecular formula is C17H16N2O3. The Kier molecular flexibility index (Phi) is 3.55. The number of hydrogen-bond donors (Lipinski definition) is 1. The first kappa shape index (κ1) is 14.1. The van der Waals surface area contributed by atoms with Crippen molar-refractivity contribution in [1.82, 2.24) is 4.57 Å². The minimum atomic E-state index is -1.06. The Hall–Kier alpha value is -2.82. The Labute approximate surface area is 128 Å². The Morgan fingerprint density at radius 1 is 1.14 bits per heavy atom. The van der Waals surface area contributed by atoms with Gasteiger partial charge in [0.05, 0.1) is 5.70 Å². The third-order valence-electron chi connectivity index (χ3n) is 3.80. The van der Waals surface area contributed by atoms with E-state index in [-0.39, 0.29) is 11.8 Å². The number of allylic oxidation sites excluding steroid dienone is 1. The van der Waals surface area contributed by atoms with Crippen molar-refractivity contribution in [2.75, 3.05) is 4.90 Å². The number of carbonyl (C=O) groups is 2. The molecule has 3 rings (SSSR count). The molecule has 1 N–H and O–H groups in total. The zero-order valence-electron chi connectivity index (χ0n) is 12.1. The lowest BCUT2D eigenvalue weighted by Crippen LogP contribution is -2.33. The first-order valence-corrected chi connectivity index (χ1v) is 7.09. The Morgan fingerprint density at radius 3 is 2.55 bits per heavy atom. The van der Waals surface area contributed by atoms with Gasteiger partial charge in [0.25, 0.3) is 0 Å². The molecule has 1 aliphatic heterocycles. The molecule has 0 saturated carbocycles. The molecule has 5 heteroatoms. The highest BCUT2D eigenvalue weighted by Crippen LogP contribution is 2.31. The molecule has 0 bridgehead atoms. The molecule has 2 aromatic rings. The van der Waals surface area contributed by atoms with E-state index in [0.717, 1.165) is 4.57 Å². The molecule has 112 valence electrons. The maximum atomic E-state index is 12.7. The van der Waals surface area contributed by atoms with Crippen LogP contribution < -0.4 is 4.90 Å². The van der Waals surface area contributed by atoms with E-state index in [4.69, 9.17) is 0 Å². The summed E-state index contributed by atoms with van der Waals surface area (Å²) < 4.78 is 1.13. The van der Waals surface area contributed by atoms with Crippen molar-refractivity contribution in [2.45, 2.75) is 19.4 Å². The lowest BCUT2D eigenvalue weighted by atomic mass is 10.1. The number of carbonyl (C=O) groups excluding carboxylic acids is 1. The van der Waals surface area contributed by atoms with Gasteiger partial charge in [0.1, 0.15) is 5.82 Å². The van der Waals surface area contributed by atoms with Gasteiger partial charge in [-0.1, -0.05) is 36.4 Å². The van der Waals surface area contributed by atoms with Gasteiger partial charge in [-0.3, -0.25) is 4.79 Å². The van der Waals surface area contributed by atoms with Crippen LogP contribution in [0.5, 0.6) is 0 Å². The normalized spacial score (nSPS) is 17.4. The molecule has 0 saturated heterocycles. The molecular weight excluding hydrogens is 280 g/mol. The van der Waals surface area contributed by atoms with Gasteiger partial charge >= 0.3 is 6.09 Å². The highest BCUT2D eigenvalue weighted by Gasteiger charge is 2.31. The summed E-state index contributed by atoms with van der Waals surface area (Å²) >= 11 is 0. The summed E-state index contributed by atoms with van der Waals surface area (Å²) in [5, 5.41) is 9.27. The lowest BCUT2D eigenvalue weighted by Gasteiger charge is -2.27. The van der Waals surface area contributed by atoms with Crippen molar-refractivity contribution >= 4 is 17.7 Å². The van der Waals surface area contributed by atoms with Crippen LogP contribution in [-0.4, -0.2) is 27.6 Å². The van der Waals surface area contributed by atoms with E-state index in [9.17, 15) is 14.7 Å². The molecule has 0 aliphatic carbocycles.